The largest absolute Gasteiger partial charge is 0.489 e. The van der Waals surface area contributed by atoms with Crippen molar-refractivity contribution in [2.24, 2.45) is 11.8 Å². The molecule has 1 unspecified atom stereocenters. The fraction of sp³-hybridized carbons (Fsp3) is 0.567. The molecule has 2 aromatic rings. The van der Waals surface area contributed by atoms with Gasteiger partial charge in [-0.3, -0.25) is 9.69 Å². The minimum Gasteiger partial charge on any atom is -0.489 e. The van der Waals surface area contributed by atoms with E-state index < -0.39 is 0 Å². The van der Waals surface area contributed by atoms with E-state index in [0.29, 0.717) is 24.9 Å². The molecule has 0 radical (unpaired) electrons. The lowest BCUT2D eigenvalue weighted by atomic mass is 9.99. The summed E-state index contributed by atoms with van der Waals surface area (Å²) in [5, 5.41) is 3.24. The molecule has 0 aliphatic carbocycles. The number of nitrogens with one attached hydrogen (secondary N) is 1. The van der Waals surface area contributed by atoms with E-state index in [4.69, 9.17) is 4.74 Å². The van der Waals surface area contributed by atoms with Crippen molar-refractivity contribution in [2.45, 2.75) is 85.9 Å². The molecule has 1 amide bonds. The van der Waals surface area contributed by atoms with Gasteiger partial charge < -0.3 is 10.1 Å². The summed E-state index contributed by atoms with van der Waals surface area (Å²) in [5.74, 6) is 2.17. The Kier molecular flexibility index (Phi) is 13.4. The predicted octanol–water partition coefficient (Wildman–Crippen LogP) is 6.91. The molecule has 0 saturated heterocycles. The Morgan fingerprint density at radius 1 is 0.857 bits per heavy atom. The van der Waals surface area contributed by atoms with Crippen LogP contribution in [0.5, 0.6) is 5.75 Å². The van der Waals surface area contributed by atoms with Crippen molar-refractivity contribution < 1.29 is 9.53 Å². The first kappa shape index (κ1) is 31.0. The molecule has 196 valence electrons. The van der Waals surface area contributed by atoms with E-state index in [-0.39, 0.29) is 29.9 Å². The number of hydrogen-bond acceptors (Lipinski definition) is 3. The highest BCUT2D eigenvalue weighted by Gasteiger charge is 2.29. The third kappa shape index (κ3) is 12.5. The molecule has 0 aliphatic heterocycles. The Hall–Kier alpha value is -2.04. The lowest BCUT2D eigenvalue weighted by Gasteiger charge is -2.34. The van der Waals surface area contributed by atoms with Gasteiger partial charge in [0.25, 0.3) is 0 Å². The molecule has 0 aromatic heterocycles. The van der Waals surface area contributed by atoms with Crippen molar-refractivity contribution >= 4 is 18.3 Å². The quantitative estimate of drug-likeness (QED) is 0.323. The molecule has 0 bridgehead atoms. The Morgan fingerprint density at radius 3 is 1.89 bits per heavy atom. The van der Waals surface area contributed by atoms with Crippen molar-refractivity contribution in [1.82, 2.24) is 10.2 Å². The number of benzene rings is 2. The Morgan fingerprint density at radius 2 is 1.40 bits per heavy atom. The molecule has 5 heteroatoms. The molecule has 2 aromatic carbocycles. The van der Waals surface area contributed by atoms with Crippen LogP contribution >= 0.6 is 12.4 Å². The fourth-order valence-corrected chi connectivity index (χ4v) is 3.80. The van der Waals surface area contributed by atoms with Gasteiger partial charge in [0.05, 0.1) is 6.04 Å². The van der Waals surface area contributed by atoms with Crippen LogP contribution in [0, 0.1) is 11.8 Å². The van der Waals surface area contributed by atoms with E-state index in [1.165, 1.54) is 0 Å². The second-order valence-corrected chi connectivity index (χ2v) is 11.3. The standard InChI is InChI=1S/C30H46N2O2.ClH/c1-23(2)17-19-32(20-18-24(3)4)28(29(33)31-30(5,6)7)21-25-13-15-27(16-14-25)34-22-26-11-9-8-10-12-26;/h8-16,23-24,28H,17-22H2,1-7H3,(H,31,33);1H. The molecule has 1 N–H and O–H groups in total. The average Bonchev–Trinajstić information content (AvgIpc) is 2.76. The number of rotatable bonds is 13. The molecule has 0 saturated carbocycles. The molecule has 0 aliphatic rings. The van der Waals surface area contributed by atoms with Crippen LogP contribution < -0.4 is 10.1 Å². The summed E-state index contributed by atoms with van der Waals surface area (Å²) in [6, 6.07) is 18.2. The molecule has 0 heterocycles. The Bertz CT molecular complexity index is 833. The third-order valence-corrected chi connectivity index (χ3v) is 5.83. The Balaban J connectivity index is 0.00000612. The molecule has 1 atom stereocenters. The van der Waals surface area contributed by atoms with Gasteiger partial charge in [0.15, 0.2) is 0 Å². The van der Waals surface area contributed by atoms with Gasteiger partial charge in [0.2, 0.25) is 5.91 Å². The second-order valence-electron chi connectivity index (χ2n) is 11.3. The van der Waals surface area contributed by atoms with Crippen molar-refractivity contribution in [2.75, 3.05) is 13.1 Å². The highest BCUT2D eigenvalue weighted by atomic mass is 35.5. The maximum atomic E-state index is 13.4. The van der Waals surface area contributed by atoms with Crippen LogP contribution in [0.2, 0.25) is 0 Å². The number of carbonyl (C=O) groups excluding carboxylic acids is 1. The summed E-state index contributed by atoms with van der Waals surface area (Å²) in [6.07, 6.45) is 2.87. The number of ether oxygens (including phenoxy) is 1. The maximum Gasteiger partial charge on any atom is 0.238 e. The van der Waals surface area contributed by atoms with Gasteiger partial charge >= 0.3 is 0 Å². The predicted molar refractivity (Wildman–Crippen MR) is 150 cm³/mol. The van der Waals surface area contributed by atoms with Gasteiger partial charge in [-0.1, -0.05) is 70.2 Å². The minimum absolute atomic E-state index is 0. The average molecular weight is 503 g/mol. The number of hydrogen-bond donors (Lipinski definition) is 1. The fourth-order valence-electron chi connectivity index (χ4n) is 3.80. The van der Waals surface area contributed by atoms with Gasteiger partial charge in [0, 0.05) is 5.54 Å². The topological polar surface area (TPSA) is 41.6 Å². The molecule has 0 fully saturated rings. The van der Waals surface area contributed by atoms with E-state index >= 15 is 0 Å². The summed E-state index contributed by atoms with van der Waals surface area (Å²) in [7, 11) is 0. The van der Waals surface area contributed by atoms with Gasteiger partial charge in [-0.05, 0) is 88.2 Å². The first-order chi connectivity index (χ1) is 16.0. The zero-order valence-corrected chi connectivity index (χ0v) is 23.7. The van der Waals surface area contributed by atoms with Crippen molar-refractivity contribution in [3.63, 3.8) is 0 Å². The summed E-state index contributed by atoms with van der Waals surface area (Å²) in [4.78, 5) is 15.8. The van der Waals surface area contributed by atoms with Crippen LogP contribution in [0.25, 0.3) is 0 Å². The van der Waals surface area contributed by atoms with Crippen LogP contribution in [0.15, 0.2) is 54.6 Å². The van der Waals surface area contributed by atoms with Gasteiger partial charge in [-0.15, -0.1) is 12.4 Å². The Labute approximate surface area is 220 Å². The van der Waals surface area contributed by atoms with Gasteiger partial charge in [-0.25, -0.2) is 0 Å². The second kappa shape index (κ2) is 15.2. The maximum absolute atomic E-state index is 13.4. The number of amides is 1. The minimum atomic E-state index is -0.258. The number of carbonyl (C=O) groups is 1. The molecule has 35 heavy (non-hydrogen) atoms. The van der Waals surface area contributed by atoms with Crippen molar-refractivity contribution in [3.05, 3.63) is 65.7 Å². The van der Waals surface area contributed by atoms with Gasteiger partial charge in [0.1, 0.15) is 12.4 Å². The molecular formula is C30H47ClN2O2. The first-order valence-corrected chi connectivity index (χ1v) is 12.8. The highest BCUT2D eigenvalue weighted by Crippen LogP contribution is 2.19. The normalized spacial score (nSPS) is 12.5. The van der Waals surface area contributed by atoms with Crippen molar-refractivity contribution in [1.29, 1.82) is 0 Å². The smallest absolute Gasteiger partial charge is 0.238 e. The number of halogens is 1. The number of nitrogens with zero attached hydrogens (tertiary/aromatic N) is 1. The van der Waals surface area contributed by atoms with E-state index in [9.17, 15) is 4.79 Å². The van der Waals surface area contributed by atoms with Gasteiger partial charge in [-0.2, -0.15) is 0 Å². The third-order valence-electron chi connectivity index (χ3n) is 5.83. The summed E-state index contributed by atoms with van der Waals surface area (Å²) in [6.45, 7) is 17.6. The monoisotopic (exact) mass is 502 g/mol. The van der Waals surface area contributed by atoms with Crippen LogP contribution in [0.3, 0.4) is 0 Å². The van der Waals surface area contributed by atoms with E-state index in [0.717, 1.165) is 42.8 Å². The van der Waals surface area contributed by atoms with Crippen LogP contribution in [0.4, 0.5) is 0 Å². The van der Waals surface area contributed by atoms with E-state index in [2.05, 4.69) is 62.2 Å². The molecular weight excluding hydrogens is 456 g/mol. The lowest BCUT2D eigenvalue weighted by molar-refractivity contribution is -0.128. The van der Waals surface area contributed by atoms with Crippen LogP contribution in [-0.4, -0.2) is 35.5 Å². The lowest BCUT2D eigenvalue weighted by Crippen LogP contribution is -2.53. The van der Waals surface area contributed by atoms with E-state index in [1.807, 2.05) is 51.1 Å². The SMILES string of the molecule is CC(C)CCN(CCC(C)C)C(Cc1ccc(OCc2ccccc2)cc1)C(=O)NC(C)(C)C.Cl. The zero-order chi connectivity index (χ0) is 25.1. The summed E-state index contributed by atoms with van der Waals surface area (Å²) >= 11 is 0. The molecule has 4 nitrogen and oxygen atoms in total. The van der Waals surface area contributed by atoms with Crippen molar-refractivity contribution in [3.8, 4) is 5.75 Å². The molecule has 2 rings (SSSR count). The summed E-state index contributed by atoms with van der Waals surface area (Å²) < 4.78 is 5.95. The van der Waals surface area contributed by atoms with Crippen LogP contribution in [0.1, 0.15) is 72.4 Å². The van der Waals surface area contributed by atoms with Crippen LogP contribution in [-0.2, 0) is 17.8 Å². The summed E-state index contributed by atoms with van der Waals surface area (Å²) in [5.41, 5.74) is 2.04. The molecule has 0 spiro atoms. The highest BCUT2D eigenvalue weighted by molar-refractivity contribution is 5.85. The zero-order valence-electron chi connectivity index (χ0n) is 22.8. The van der Waals surface area contributed by atoms with E-state index in [1.54, 1.807) is 0 Å². The first-order valence-electron chi connectivity index (χ1n) is 12.8.